The third-order valence-corrected chi connectivity index (χ3v) is 5.65. The van der Waals surface area contributed by atoms with Crippen LogP contribution in [-0.2, 0) is 4.74 Å². The fourth-order valence-corrected chi connectivity index (χ4v) is 4.44. The summed E-state index contributed by atoms with van der Waals surface area (Å²) in [7, 11) is 0. The van der Waals surface area contributed by atoms with Gasteiger partial charge in [0.15, 0.2) is 0 Å². The first-order valence-electron chi connectivity index (χ1n) is 9.02. The average molecular weight is 310 g/mol. The number of carbonyl (C=O) groups excluding carboxylic acids is 1. The van der Waals surface area contributed by atoms with Crippen LogP contribution in [0, 0.1) is 5.92 Å². The van der Waals surface area contributed by atoms with Gasteiger partial charge >= 0.3 is 6.03 Å². The number of rotatable bonds is 3. The van der Waals surface area contributed by atoms with Crippen LogP contribution in [0.1, 0.15) is 64.2 Å². The largest absolute Gasteiger partial charge is 0.393 e. The van der Waals surface area contributed by atoms with Crippen LogP contribution in [-0.4, -0.2) is 42.0 Å². The van der Waals surface area contributed by atoms with Gasteiger partial charge in [0, 0.05) is 19.2 Å². The van der Waals surface area contributed by atoms with E-state index in [9.17, 15) is 9.90 Å². The van der Waals surface area contributed by atoms with Gasteiger partial charge in [-0.1, -0.05) is 19.3 Å². The number of aliphatic hydroxyl groups is 1. The molecule has 3 aliphatic rings. The number of aliphatic hydroxyl groups excluding tert-OH is 1. The van der Waals surface area contributed by atoms with Crippen molar-refractivity contribution >= 4 is 6.03 Å². The van der Waals surface area contributed by atoms with Crippen LogP contribution in [0.2, 0.25) is 0 Å². The van der Waals surface area contributed by atoms with Crippen LogP contribution >= 0.6 is 0 Å². The molecule has 0 bridgehead atoms. The predicted molar refractivity (Wildman–Crippen MR) is 84.7 cm³/mol. The molecule has 0 radical (unpaired) electrons. The Morgan fingerprint density at radius 3 is 2.77 bits per heavy atom. The quantitative estimate of drug-likeness (QED) is 0.749. The molecule has 0 aromatic heterocycles. The molecular formula is C17H30N2O3. The van der Waals surface area contributed by atoms with Gasteiger partial charge in [-0.05, 0) is 50.9 Å². The molecule has 3 fully saturated rings. The van der Waals surface area contributed by atoms with E-state index < -0.39 is 0 Å². The van der Waals surface area contributed by atoms with E-state index in [4.69, 9.17) is 4.74 Å². The van der Waals surface area contributed by atoms with Gasteiger partial charge < -0.3 is 20.5 Å². The van der Waals surface area contributed by atoms with Crippen molar-refractivity contribution in [3.8, 4) is 0 Å². The lowest BCUT2D eigenvalue weighted by molar-refractivity contribution is -0.0820. The van der Waals surface area contributed by atoms with E-state index in [2.05, 4.69) is 10.6 Å². The highest BCUT2D eigenvalue weighted by molar-refractivity contribution is 5.74. The number of carbonyl (C=O) groups is 1. The second-order valence-electron chi connectivity index (χ2n) is 7.47. The second-order valence-corrected chi connectivity index (χ2v) is 7.47. The van der Waals surface area contributed by atoms with E-state index in [1.165, 1.54) is 12.8 Å². The van der Waals surface area contributed by atoms with E-state index in [0.29, 0.717) is 12.5 Å². The molecule has 2 aliphatic carbocycles. The number of ether oxygens (including phenoxy) is 1. The maximum atomic E-state index is 12.1. The third-order valence-electron chi connectivity index (χ3n) is 5.65. The van der Waals surface area contributed by atoms with Crippen molar-refractivity contribution in [3.05, 3.63) is 0 Å². The molecule has 5 heteroatoms. The Kier molecular flexibility index (Phi) is 5.24. The molecule has 1 aliphatic heterocycles. The summed E-state index contributed by atoms with van der Waals surface area (Å²) in [6.07, 6.45) is 10.4. The summed E-state index contributed by atoms with van der Waals surface area (Å²) < 4.78 is 6.01. The van der Waals surface area contributed by atoms with E-state index in [0.717, 1.165) is 58.0 Å². The first-order chi connectivity index (χ1) is 10.7. The number of nitrogens with one attached hydrogen (secondary N) is 2. The van der Waals surface area contributed by atoms with Crippen LogP contribution in [0.15, 0.2) is 0 Å². The summed E-state index contributed by atoms with van der Waals surface area (Å²) in [5.74, 6) is 0.422. The first kappa shape index (κ1) is 16.1. The molecule has 2 saturated carbocycles. The van der Waals surface area contributed by atoms with E-state index >= 15 is 0 Å². The topological polar surface area (TPSA) is 70.6 Å². The Bertz CT molecular complexity index is 382. The molecule has 5 nitrogen and oxygen atoms in total. The summed E-state index contributed by atoms with van der Waals surface area (Å²) in [4.78, 5) is 12.1. The lowest BCUT2D eigenvalue weighted by atomic mass is 9.87. The normalized spacial score (nSPS) is 34.5. The average Bonchev–Trinajstić information content (AvgIpc) is 2.93. The highest BCUT2D eigenvalue weighted by Crippen LogP contribution is 2.39. The monoisotopic (exact) mass is 310 g/mol. The molecule has 3 unspecified atom stereocenters. The lowest BCUT2D eigenvalue weighted by Gasteiger charge is -2.38. The molecule has 1 saturated heterocycles. The van der Waals surface area contributed by atoms with Gasteiger partial charge in [-0.15, -0.1) is 0 Å². The van der Waals surface area contributed by atoms with Gasteiger partial charge in [0.2, 0.25) is 0 Å². The zero-order valence-electron chi connectivity index (χ0n) is 13.5. The minimum absolute atomic E-state index is 0.0453. The number of hydrogen-bond donors (Lipinski definition) is 3. The smallest absolute Gasteiger partial charge is 0.315 e. The Labute approximate surface area is 133 Å². The Hall–Kier alpha value is -0.810. The number of amides is 2. The van der Waals surface area contributed by atoms with Gasteiger partial charge in [-0.3, -0.25) is 0 Å². The fourth-order valence-electron chi connectivity index (χ4n) is 4.44. The second kappa shape index (κ2) is 7.18. The molecule has 22 heavy (non-hydrogen) atoms. The highest BCUT2D eigenvalue weighted by atomic mass is 16.5. The van der Waals surface area contributed by atoms with Crippen LogP contribution < -0.4 is 10.6 Å². The molecule has 3 atom stereocenters. The molecule has 3 rings (SSSR count). The summed E-state index contributed by atoms with van der Waals surface area (Å²) in [6, 6.07) is 0.184. The maximum absolute atomic E-state index is 12.1. The minimum Gasteiger partial charge on any atom is -0.393 e. The number of hydrogen-bond acceptors (Lipinski definition) is 3. The van der Waals surface area contributed by atoms with Crippen molar-refractivity contribution < 1.29 is 14.6 Å². The molecular weight excluding hydrogens is 280 g/mol. The van der Waals surface area contributed by atoms with E-state index in [-0.39, 0.29) is 23.8 Å². The van der Waals surface area contributed by atoms with Crippen molar-refractivity contribution in [1.29, 1.82) is 0 Å². The standard InChI is InChI=1S/C17H30N2O3/c20-15-5-3-4-13(10-15)12-18-16(21)19-14-6-9-22-17(11-14)7-1-2-8-17/h13-15,20H,1-12H2,(H2,18,19,21). The van der Waals surface area contributed by atoms with Crippen LogP contribution in [0.3, 0.4) is 0 Å². The van der Waals surface area contributed by atoms with Crippen LogP contribution in [0.25, 0.3) is 0 Å². The van der Waals surface area contributed by atoms with Gasteiger partial charge in [0.1, 0.15) is 0 Å². The molecule has 3 N–H and O–H groups in total. The highest BCUT2D eigenvalue weighted by Gasteiger charge is 2.40. The van der Waals surface area contributed by atoms with Gasteiger partial charge in [-0.25, -0.2) is 4.79 Å². The lowest BCUT2D eigenvalue weighted by Crippen LogP contribution is -2.50. The molecule has 1 spiro atoms. The van der Waals surface area contributed by atoms with Gasteiger partial charge in [-0.2, -0.15) is 0 Å². The summed E-state index contributed by atoms with van der Waals surface area (Å²) >= 11 is 0. The predicted octanol–water partition coefficient (Wildman–Crippen LogP) is 2.33. The molecule has 1 heterocycles. The molecule has 0 aromatic carbocycles. The van der Waals surface area contributed by atoms with Gasteiger partial charge in [0.05, 0.1) is 11.7 Å². The Morgan fingerprint density at radius 1 is 1.18 bits per heavy atom. The summed E-state index contributed by atoms with van der Waals surface area (Å²) in [6.45, 7) is 1.44. The van der Waals surface area contributed by atoms with Crippen LogP contribution in [0.4, 0.5) is 4.79 Å². The van der Waals surface area contributed by atoms with Crippen molar-refractivity contribution in [3.63, 3.8) is 0 Å². The van der Waals surface area contributed by atoms with Gasteiger partial charge in [0.25, 0.3) is 0 Å². The first-order valence-corrected chi connectivity index (χ1v) is 9.02. The maximum Gasteiger partial charge on any atom is 0.315 e. The van der Waals surface area contributed by atoms with Crippen molar-refractivity contribution in [2.24, 2.45) is 5.92 Å². The summed E-state index contributed by atoms with van der Waals surface area (Å²) in [5, 5.41) is 15.8. The zero-order valence-corrected chi connectivity index (χ0v) is 13.5. The summed E-state index contributed by atoms with van der Waals surface area (Å²) in [5.41, 5.74) is 0.0453. The zero-order chi connectivity index (χ0) is 15.4. The number of urea groups is 1. The fraction of sp³-hybridized carbons (Fsp3) is 0.941. The third kappa shape index (κ3) is 4.13. The van der Waals surface area contributed by atoms with E-state index in [1.54, 1.807) is 0 Å². The molecule has 126 valence electrons. The molecule has 0 aromatic rings. The van der Waals surface area contributed by atoms with Crippen molar-refractivity contribution in [2.45, 2.75) is 82.0 Å². The van der Waals surface area contributed by atoms with E-state index in [1.807, 2.05) is 0 Å². The Morgan fingerprint density at radius 2 is 2.00 bits per heavy atom. The van der Waals surface area contributed by atoms with Crippen molar-refractivity contribution in [1.82, 2.24) is 10.6 Å². The Balaban J connectivity index is 1.39. The minimum atomic E-state index is -0.179. The van der Waals surface area contributed by atoms with Crippen molar-refractivity contribution in [2.75, 3.05) is 13.2 Å². The molecule has 2 amide bonds. The van der Waals surface area contributed by atoms with Crippen LogP contribution in [0.5, 0.6) is 0 Å². The SMILES string of the molecule is O=C(NCC1CCCC(O)C1)NC1CCOC2(CCCC2)C1.